The maximum absolute atomic E-state index is 13.6. The minimum absolute atomic E-state index is 0.0977. The number of alkyl halides is 2. The molecule has 3 aromatic rings. The minimum atomic E-state index is -3.83. The van der Waals surface area contributed by atoms with Crippen LogP contribution in [-0.4, -0.2) is 52.5 Å². The van der Waals surface area contributed by atoms with Crippen LogP contribution >= 0.6 is 0 Å². The molecule has 0 saturated carbocycles. The van der Waals surface area contributed by atoms with Gasteiger partial charge in [-0.05, 0) is 29.3 Å². The molecule has 2 amide bonds. The molecule has 0 unspecified atom stereocenters. The molecule has 1 N–H and O–H groups in total. The number of rotatable bonds is 1. The normalized spacial score (nSPS) is 24.3. The molecular weight excluding hydrogens is 408 g/mol. The quantitative estimate of drug-likeness (QED) is 0.650. The van der Waals surface area contributed by atoms with Crippen molar-refractivity contribution in [1.29, 1.82) is 0 Å². The first-order chi connectivity index (χ1) is 15.2. The first-order valence-corrected chi connectivity index (χ1v) is 9.79. The van der Waals surface area contributed by atoms with Crippen LogP contribution in [-0.2, 0) is 16.0 Å². The first kappa shape index (κ1) is 17.1. The average molecular weight is 426 g/mol. The van der Waals surface area contributed by atoms with Gasteiger partial charge in [0.1, 0.15) is 6.04 Å². The first-order valence-electron chi connectivity index (χ1n) is 10.3. The number of H-pyrrole nitrogens is 1. The molecule has 6 rings (SSSR count). The molecule has 31 heavy (non-hydrogen) atoms. The standard InChI is InChI=1S/C22H17F2N3O4/c1-26-10-18(28)27-15(21(26)29)9-13-12-4-2-3-5-14(12)25-19(13)20(27)11-6-7-16-17(8-11)31-22(23,24)30-16/h2-8,15,20,25H,9-10H2,1H3/t15-,20-/m1/s1/i6D. The summed E-state index contributed by atoms with van der Waals surface area (Å²) in [6, 6.07) is 8.34. The summed E-state index contributed by atoms with van der Waals surface area (Å²) < 4.78 is 44.8. The minimum Gasteiger partial charge on any atom is -0.395 e. The van der Waals surface area contributed by atoms with Crippen LogP contribution < -0.4 is 9.47 Å². The Hall–Kier alpha value is -3.62. The molecule has 0 radical (unpaired) electrons. The number of para-hydroxylation sites is 1. The highest BCUT2D eigenvalue weighted by molar-refractivity contribution is 5.97. The molecular formula is C22H17F2N3O4. The van der Waals surface area contributed by atoms with E-state index in [9.17, 15) is 18.4 Å². The molecule has 4 heterocycles. The lowest BCUT2D eigenvalue weighted by Gasteiger charge is -2.46. The van der Waals surface area contributed by atoms with Gasteiger partial charge in [0, 0.05) is 30.1 Å². The fourth-order valence-corrected chi connectivity index (χ4v) is 4.80. The third-order valence-corrected chi connectivity index (χ3v) is 6.10. The van der Waals surface area contributed by atoms with Crippen molar-refractivity contribution in [2.24, 2.45) is 0 Å². The molecule has 1 fully saturated rings. The number of ether oxygens (including phenoxy) is 2. The average Bonchev–Trinajstić information content (AvgIpc) is 3.25. The van der Waals surface area contributed by atoms with Crippen molar-refractivity contribution in [2.45, 2.75) is 24.8 Å². The maximum Gasteiger partial charge on any atom is 0.586 e. The van der Waals surface area contributed by atoms with Crippen LogP contribution in [0.4, 0.5) is 8.78 Å². The monoisotopic (exact) mass is 426 g/mol. The summed E-state index contributed by atoms with van der Waals surface area (Å²) >= 11 is 0. The highest BCUT2D eigenvalue weighted by Crippen LogP contribution is 2.46. The Morgan fingerprint density at radius 1 is 1.19 bits per heavy atom. The van der Waals surface area contributed by atoms with Crippen molar-refractivity contribution < 1.29 is 29.2 Å². The highest BCUT2D eigenvalue weighted by Gasteiger charge is 2.48. The molecule has 3 aliphatic rings. The van der Waals surface area contributed by atoms with Crippen LogP contribution in [0, 0.1) is 0 Å². The van der Waals surface area contributed by atoms with Crippen molar-refractivity contribution in [3.63, 3.8) is 0 Å². The van der Waals surface area contributed by atoms with Crippen molar-refractivity contribution >= 4 is 22.7 Å². The predicted octanol–water partition coefficient (Wildman–Crippen LogP) is 2.80. The topological polar surface area (TPSA) is 74.9 Å². The Labute approximate surface area is 176 Å². The summed E-state index contributed by atoms with van der Waals surface area (Å²) in [5.41, 5.74) is 2.63. The molecule has 0 bridgehead atoms. The van der Waals surface area contributed by atoms with Gasteiger partial charge in [0.2, 0.25) is 11.8 Å². The second kappa shape index (κ2) is 5.96. The lowest BCUT2D eigenvalue weighted by atomic mass is 9.86. The third kappa shape index (κ3) is 2.55. The fourth-order valence-electron chi connectivity index (χ4n) is 4.80. The zero-order valence-corrected chi connectivity index (χ0v) is 16.3. The Bertz CT molecular complexity index is 1320. The Morgan fingerprint density at radius 3 is 2.81 bits per heavy atom. The molecule has 0 aliphatic carbocycles. The molecule has 9 heteroatoms. The van der Waals surface area contributed by atoms with Gasteiger partial charge in [-0.25, -0.2) is 0 Å². The van der Waals surface area contributed by atoms with Gasteiger partial charge in [-0.15, -0.1) is 8.78 Å². The number of benzene rings is 2. The Kier molecular flexibility index (Phi) is 3.29. The number of aromatic amines is 1. The van der Waals surface area contributed by atoms with E-state index in [1.807, 2.05) is 24.3 Å². The number of hydrogen-bond donors (Lipinski definition) is 1. The van der Waals surface area contributed by atoms with Crippen molar-refractivity contribution in [3.05, 3.63) is 59.3 Å². The van der Waals surface area contributed by atoms with Gasteiger partial charge in [-0.1, -0.05) is 24.2 Å². The molecule has 3 aliphatic heterocycles. The fraction of sp³-hybridized carbons (Fsp3) is 0.273. The number of nitrogens with zero attached hydrogens (tertiary/aromatic N) is 2. The zero-order chi connectivity index (χ0) is 22.4. The van der Waals surface area contributed by atoms with Gasteiger partial charge in [0.25, 0.3) is 0 Å². The van der Waals surface area contributed by atoms with Gasteiger partial charge < -0.3 is 24.3 Å². The van der Waals surface area contributed by atoms with Crippen LogP contribution in [0.5, 0.6) is 11.5 Å². The van der Waals surface area contributed by atoms with Crippen molar-refractivity contribution in [1.82, 2.24) is 14.8 Å². The van der Waals surface area contributed by atoms with Crippen LogP contribution in [0.1, 0.15) is 24.2 Å². The third-order valence-electron chi connectivity index (χ3n) is 6.10. The number of amides is 2. The van der Waals surface area contributed by atoms with Crippen LogP contribution in [0.2, 0.25) is 0 Å². The van der Waals surface area contributed by atoms with Gasteiger partial charge in [-0.2, -0.15) is 0 Å². The van der Waals surface area contributed by atoms with Crippen LogP contribution in [0.15, 0.2) is 42.4 Å². The van der Waals surface area contributed by atoms with E-state index >= 15 is 0 Å². The van der Waals surface area contributed by atoms with E-state index in [4.69, 9.17) is 1.37 Å². The molecule has 0 spiro atoms. The number of carbonyl (C=O) groups excluding carboxylic acids is 2. The molecule has 1 saturated heterocycles. The number of halogens is 2. The number of hydrogen-bond acceptors (Lipinski definition) is 4. The smallest absolute Gasteiger partial charge is 0.395 e. The van der Waals surface area contributed by atoms with Gasteiger partial charge in [0.05, 0.1) is 14.0 Å². The largest absolute Gasteiger partial charge is 0.586 e. The van der Waals surface area contributed by atoms with Gasteiger partial charge in [0.15, 0.2) is 11.5 Å². The number of nitrogens with one attached hydrogen (secondary N) is 1. The summed E-state index contributed by atoms with van der Waals surface area (Å²) in [4.78, 5) is 32.4. The van der Waals surface area contributed by atoms with Gasteiger partial charge in [-0.3, -0.25) is 9.59 Å². The number of fused-ring (bicyclic) bond motifs is 5. The second-order valence-corrected chi connectivity index (χ2v) is 7.96. The van der Waals surface area contributed by atoms with Crippen LogP contribution in [0.25, 0.3) is 10.9 Å². The Morgan fingerprint density at radius 2 is 1.97 bits per heavy atom. The zero-order valence-electron chi connectivity index (χ0n) is 17.3. The van der Waals surface area contributed by atoms with E-state index < -0.39 is 18.4 Å². The van der Waals surface area contributed by atoms with Crippen LogP contribution in [0.3, 0.4) is 0 Å². The summed E-state index contributed by atoms with van der Waals surface area (Å²) in [6.07, 6.45) is -3.50. The maximum atomic E-state index is 13.6. The molecule has 7 nitrogen and oxygen atoms in total. The second-order valence-electron chi connectivity index (χ2n) is 7.96. The summed E-state index contributed by atoms with van der Waals surface area (Å²) in [5.74, 6) is -0.944. The van der Waals surface area contributed by atoms with E-state index in [0.717, 1.165) is 22.5 Å². The molecule has 158 valence electrons. The predicted molar refractivity (Wildman–Crippen MR) is 105 cm³/mol. The van der Waals surface area contributed by atoms with Gasteiger partial charge >= 0.3 is 6.29 Å². The van der Waals surface area contributed by atoms with Crippen molar-refractivity contribution in [2.75, 3.05) is 13.6 Å². The lowest BCUT2D eigenvalue weighted by molar-refractivity contribution is -0.286. The lowest BCUT2D eigenvalue weighted by Crippen LogP contribution is -2.62. The number of carbonyl (C=O) groups is 2. The number of likely N-dealkylation sites (N-methyl/N-ethyl adjacent to an activating group) is 1. The molecule has 2 aromatic carbocycles. The van der Waals surface area contributed by atoms with E-state index in [2.05, 4.69) is 14.5 Å². The molecule has 1 aromatic heterocycles. The van der Waals surface area contributed by atoms with E-state index in [-0.39, 0.29) is 41.5 Å². The Balaban J connectivity index is 1.59. The van der Waals surface area contributed by atoms with E-state index in [0.29, 0.717) is 12.1 Å². The highest BCUT2D eigenvalue weighted by atomic mass is 19.3. The summed E-state index contributed by atoms with van der Waals surface area (Å²) in [7, 11) is 1.58. The molecule has 2 atom stereocenters. The number of aromatic nitrogens is 1. The van der Waals surface area contributed by atoms with Crippen molar-refractivity contribution in [3.8, 4) is 11.5 Å². The summed E-state index contributed by atoms with van der Waals surface area (Å²) in [6.45, 7) is -0.0998. The van der Waals surface area contributed by atoms with E-state index in [1.165, 1.54) is 15.9 Å². The SMILES string of the molecule is [2H]c1cc2c(cc1[C@@H]1c3[nH]c4ccccc4c3C[C@@H]3C(=O)N(C)CC(=O)N13)OC(F)(F)O2. The van der Waals surface area contributed by atoms with E-state index in [1.54, 1.807) is 7.05 Å². The summed E-state index contributed by atoms with van der Waals surface area (Å²) in [5, 5.41) is 0.916. The number of piperazine rings is 1.